The lowest BCUT2D eigenvalue weighted by atomic mass is 10.1. The molecule has 3 rings (SSSR count). The highest BCUT2D eigenvalue weighted by molar-refractivity contribution is 5.99. The van der Waals surface area contributed by atoms with E-state index >= 15 is 0 Å². The highest BCUT2D eigenvalue weighted by Gasteiger charge is 2.23. The van der Waals surface area contributed by atoms with Crippen LogP contribution in [0.5, 0.6) is 0 Å². The number of nitrogens with two attached hydrogens (primary N) is 2. The lowest BCUT2D eigenvalue weighted by molar-refractivity contribution is 0.0998. The number of carbonyl (C=O) groups is 1. The van der Waals surface area contributed by atoms with Crippen molar-refractivity contribution in [3.05, 3.63) is 59.7 Å². The number of amides is 1. The third kappa shape index (κ3) is 5.03. The first-order valence-corrected chi connectivity index (χ1v) is 9.91. The second kappa shape index (κ2) is 9.08. The molecule has 150 valence electrons. The van der Waals surface area contributed by atoms with Gasteiger partial charge in [0, 0.05) is 56.2 Å². The van der Waals surface area contributed by atoms with E-state index in [0.717, 1.165) is 38.4 Å². The van der Waals surface area contributed by atoms with Crippen molar-refractivity contribution in [2.45, 2.75) is 25.9 Å². The summed E-state index contributed by atoms with van der Waals surface area (Å²) in [6.07, 6.45) is 0. The van der Waals surface area contributed by atoms with E-state index in [4.69, 9.17) is 11.5 Å². The summed E-state index contributed by atoms with van der Waals surface area (Å²) in [4.78, 5) is 16.7. The molecule has 1 saturated heterocycles. The molecule has 0 bridgehead atoms. The van der Waals surface area contributed by atoms with Gasteiger partial charge in [-0.05, 0) is 37.6 Å². The molecule has 2 aromatic rings. The van der Waals surface area contributed by atoms with E-state index in [1.165, 1.54) is 5.56 Å². The summed E-state index contributed by atoms with van der Waals surface area (Å²) in [5, 5.41) is 3.41. The van der Waals surface area contributed by atoms with Gasteiger partial charge in [-0.15, -0.1) is 0 Å². The molecule has 1 aliphatic rings. The van der Waals surface area contributed by atoms with Crippen LogP contribution in [0, 0.1) is 0 Å². The van der Waals surface area contributed by atoms with E-state index in [1.54, 1.807) is 12.1 Å². The number of benzene rings is 2. The predicted octanol–water partition coefficient (Wildman–Crippen LogP) is 2.55. The number of nitrogen functional groups attached to an aromatic ring is 1. The maximum atomic E-state index is 11.7. The molecule has 1 amide bonds. The summed E-state index contributed by atoms with van der Waals surface area (Å²) in [6.45, 7) is 9.49. The summed E-state index contributed by atoms with van der Waals surface area (Å²) < 4.78 is 0. The molecule has 1 fully saturated rings. The lowest BCUT2D eigenvalue weighted by Gasteiger charge is -2.39. The van der Waals surface area contributed by atoms with Gasteiger partial charge in [0.05, 0.1) is 5.56 Å². The second-order valence-corrected chi connectivity index (χ2v) is 7.64. The van der Waals surface area contributed by atoms with Gasteiger partial charge >= 0.3 is 0 Å². The number of primary amides is 1. The maximum absolute atomic E-state index is 11.7. The van der Waals surface area contributed by atoms with Crippen molar-refractivity contribution in [1.29, 1.82) is 0 Å². The van der Waals surface area contributed by atoms with Gasteiger partial charge in [0.15, 0.2) is 0 Å². The van der Waals surface area contributed by atoms with Crippen LogP contribution in [0.15, 0.2) is 48.5 Å². The van der Waals surface area contributed by atoms with E-state index in [0.29, 0.717) is 17.3 Å². The Morgan fingerprint density at radius 2 is 1.75 bits per heavy atom. The van der Waals surface area contributed by atoms with E-state index in [9.17, 15) is 4.79 Å². The summed E-state index contributed by atoms with van der Waals surface area (Å²) in [5.74, 6) is -0.467. The summed E-state index contributed by atoms with van der Waals surface area (Å²) >= 11 is 0. The van der Waals surface area contributed by atoms with Crippen LogP contribution in [0.4, 0.5) is 11.4 Å². The van der Waals surface area contributed by atoms with Crippen LogP contribution < -0.4 is 16.8 Å². The molecule has 2 atom stereocenters. The SMILES string of the molecule is CC(CN1CCN(C(C)c2ccccc2)CC1)Nc1ccc(N)cc1C(N)=O. The van der Waals surface area contributed by atoms with Crippen LogP contribution in [-0.4, -0.2) is 54.5 Å². The second-order valence-electron chi connectivity index (χ2n) is 7.64. The van der Waals surface area contributed by atoms with E-state index in [2.05, 4.69) is 59.3 Å². The fraction of sp³-hybridized carbons (Fsp3) is 0.409. The molecule has 5 N–H and O–H groups in total. The van der Waals surface area contributed by atoms with Gasteiger partial charge in [-0.25, -0.2) is 0 Å². The van der Waals surface area contributed by atoms with Gasteiger partial charge in [-0.3, -0.25) is 14.6 Å². The molecule has 28 heavy (non-hydrogen) atoms. The topological polar surface area (TPSA) is 87.6 Å². The zero-order chi connectivity index (χ0) is 20.1. The zero-order valence-electron chi connectivity index (χ0n) is 16.8. The molecule has 0 saturated carbocycles. The Hall–Kier alpha value is -2.57. The Morgan fingerprint density at radius 3 is 2.39 bits per heavy atom. The molecule has 0 aliphatic carbocycles. The maximum Gasteiger partial charge on any atom is 0.250 e. The first-order valence-electron chi connectivity index (χ1n) is 9.91. The van der Waals surface area contributed by atoms with Gasteiger partial charge in [0.1, 0.15) is 0 Å². The van der Waals surface area contributed by atoms with Gasteiger partial charge < -0.3 is 16.8 Å². The van der Waals surface area contributed by atoms with Gasteiger partial charge in [-0.1, -0.05) is 30.3 Å². The fourth-order valence-electron chi connectivity index (χ4n) is 3.87. The van der Waals surface area contributed by atoms with Crippen molar-refractivity contribution < 1.29 is 4.79 Å². The molecule has 1 aliphatic heterocycles. The molecule has 6 nitrogen and oxygen atoms in total. The molecular weight excluding hydrogens is 350 g/mol. The Morgan fingerprint density at radius 1 is 1.07 bits per heavy atom. The average Bonchev–Trinajstić information content (AvgIpc) is 2.70. The lowest BCUT2D eigenvalue weighted by Crippen LogP contribution is -2.49. The van der Waals surface area contributed by atoms with Crippen molar-refractivity contribution >= 4 is 17.3 Å². The molecule has 0 aromatic heterocycles. The molecule has 0 radical (unpaired) electrons. The van der Waals surface area contributed by atoms with Gasteiger partial charge in [-0.2, -0.15) is 0 Å². The van der Waals surface area contributed by atoms with E-state index in [-0.39, 0.29) is 6.04 Å². The van der Waals surface area contributed by atoms with Crippen molar-refractivity contribution in [1.82, 2.24) is 9.80 Å². The Kier molecular flexibility index (Phi) is 6.54. The van der Waals surface area contributed by atoms with Crippen LogP contribution in [0.25, 0.3) is 0 Å². The minimum absolute atomic E-state index is 0.194. The van der Waals surface area contributed by atoms with Crippen LogP contribution in [0.1, 0.15) is 35.8 Å². The summed E-state index contributed by atoms with van der Waals surface area (Å²) in [7, 11) is 0. The zero-order valence-corrected chi connectivity index (χ0v) is 16.8. The minimum Gasteiger partial charge on any atom is -0.399 e. The third-order valence-corrected chi connectivity index (χ3v) is 5.48. The van der Waals surface area contributed by atoms with E-state index < -0.39 is 5.91 Å². The first kappa shape index (κ1) is 20.2. The van der Waals surface area contributed by atoms with Crippen LogP contribution in [0.3, 0.4) is 0 Å². The molecular formula is C22H31N5O. The van der Waals surface area contributed by atoms with Gasteiger partial charge in [0.25, 0.3) is 5.91 Å². The number of rotatable bonds is 7. The van der Waals surface area contributed by atoms with E-state index in [1.807, 2.05) is 6.07 Å². The largest absolute Gasteiger partial charge is 0.399 e. The summed E-state index contributed by atoms with van der Waals surface area (Å²) in [6, 6.07) is 16.5. The Balaban J connectivity index is 1.52. The normalized spacial score (nSPS) is 17.8. The Bertz CT molecular complexity index is 787. The van der Waals surface area contributed by atoms with Crippen LogP contribution in [0.2, 0.25) is 0 Å². The number of hydrogen-bond donors (Lipinski definition) is 3. The molecule has 2 aromatic carbocycles. The monoisotopic (exact) mass is 381 g/mol. The Labute approximate surface area is 167 Å². The number of nitrogens with zero attached hydrogens (tertiary/aromatic N) is 2. The third-order valence-electron chi connectivity index (χ3n) is 5.48. The number of hydrogen-bond acceptors (Lipinski definition) is 5. The number of anilines is 2. The molecule has 6 heteroatoms. The van der Waals surface area contributed by atoms with Crippen molar-refractivity contribution in [3.63, 3.8) is 0 Å². The predicted molar refractivity (Wildman–Crippen MR) is 115 cm³/mol. The first-order chi connectivity index (χ1) is 13.4. The number of carbonyl (C=O) groups excluding carboxylic acids is 1. The van der Waals surface area contributed by atoms with Crippen molar-refractivity contribution in [3.8, 4) is 0 Å². The molecule has 1 heterocycles. The van der Waals surface area contributed by atoms with Gasteiger partial charge in [0.2, 0.25) is 0 Å². The number of nitrogens with one attached hydrogen (secondary N) is 1. The minimum atomic E-state index is -0.467. The average molecular weight is 382 g/mol. The fourth-order valence-corrected chi connectivity index (χ4v) is 3.87. The highest BCUT2D eigenvalue weighted by atomic mass is 16.1. The standard InChI is InChI=1S/C22H31N5O/c1-16(25-21-9-8-19(23)14-20(21)22(24)28)15-26-10-12-27(13-11-26)17(2)18-6-4-3-5-7-18/h3-9,14,16-17,25H,10-13,15,23H2,1-2H3,(H2,24,28). The molecule has 2 unspecified atom stereocenters. The highest BCUT2D eigenvalue weighted by Crippen LogP contribution is 2.22. The quantitative estimate of drug-likeness (QED) is 0.642. The van der Waals surface area contributed by atoms with Crippen molar-refractivity contribution in [2.75, 3.05) is 43.8 Å². The van der Waals surface area contributed by atoms with Crippen molar-refractivity contribution in [2.24, 2.45) is 5.73 Å². The van der Waals surface area contributed by atoms with Crippen LogP contribution in [-0.2, 0) is 0 Å². The summed E-state index contributed by atoms with van der Waals surface area (Å²) in [5.41, 5.74) is 14.3. The molecule has 0 spiro atoms. The number of piperazine rings is 1. The smallest absolute Gasteiger partial charge is 0.250 e. The van der Waals surface area contributed by atoms with Crippen LogP contribution >= 0.6 is 0 Å².